The van der Waals surface area contributed by atoms with Gasteiger partial charge in [0.1, 0.15) is 24.8 Å². The van der Waals surface area contributed by atoms with E-state index in [1.807, 2.05) is 13.1 Å². The predicted molar refractivity (Wildman–Crippen MR) is 295 cm³/mol. The van der Waals surface area contributed by atoms with Gasteiger partial charge < -0.3 is 34.4 Å². The highest BCUT2D eigenvalue weighted by Crippen LogP contribution is 2.38. The second-order valence-electron chi connectivity index (χ2n) is 21.0. The van der Waals surface area contributed by atoms with Gasteiger partial charge in [-0.2, -0.15) is 19.9 Å². The Hall–Kier alpha value is -6.90. The minimum Gasteiger partial charge on any atom is -0.462 e. The van der Waals surface area contributed by atoms with Crippen molar-refractivity contribution in [2.24, 2.45) is 5.92 Å². The van der Waals surface area contributed by atoms with Crippen molar-refractivity contribution in [1.82, 2.24) is 29.7 Å². The number of likely N-dealkylation sites (tertiary alicyclic amines) is 2. The molecular weight excluding hydrogens is 925 g/mol. The number of ether oxygens (including phenoxy) is 2. The topological polar surface area (TPSA) is 132 Å². The van der Waals surface area contributed by atoms with Gasteiger partial charge >= 0.3 is 12.0 Å². The number of rotatable bonds is 20. The zero-order valence-corrected chi connectivity index (χ0v) is 43.1. The number of anilines is 4. The first-order valence-electron chi connectivity index (χ1n) is 27.0. The molecule has 6 heterocycles. The van der Waals surface area contributed by atoms with Crippen LogP contribution in [0.4, 0.5) is 23.0 Å². The quantitative estimate of drug-likeness (QED) is 0.0730. The molecule has 1 aliphatic carbocycles. The molecule has 14 nitrogen and oxygen atoms in total. The normalized spacial score (nSPS) is 20.9. The lowest BCUT2D eigenvalue weighted by Crippen LogP contribution is -2.43. The van der Waals surface area contributed by atoms with Crippen molar-refractivity contribution in [3.63, 3.8) is 0 Å². The van der Waals surface area contributed by atoms with Gasteiger partial charge in [-0.15, -0.1) is 0 Å². The van der Waals surface area contributed by atoms with Crippen LogP contribution in [0, 0.1) is 5.92 Å². The summed E-state index contributed by atoms with van der Waals surface area (Å²) < 4.78 is 12.9. The Labute approximate surface area is 435 Å². The number of likely N-dealkylation sites (N-methyl/N-ethyl adjacent to an activating group) is 1. The highest BCUT2D eigenvalue weighted by atomic mass is 16.5. The van der Waals surface area contributed by atoms with Gasteiger partial charge in [0, 0.05) is 97.0 Å². The van der Waals surface area contributed by atoms with Gasteiger partial charge in [0.2, 0.25) is 0 Å². The average Bonchev–Trinajstić information content (AvgIpc) is 4.07. The third kappa shape index (κ3) is 10.7. The molecular formula is C60H70N10O4. The van der Waals surface area contributed by atoms with Gasteiger partial charge in [0.25, 0.3) is 0 Å². The molecule has 0 radical (unpaired) electrons. The van der Waals surface area contributed by atoms with Crippen molar-refractivity contribution in [3.05, 3.63) is 132 Å². The summed E-state index contributed by atoms with van der Waals surface area (Å²) in [6, 6.07) is 31.4. The molecule has 5 aliphatic rings. The van der Waals surface area contributed by atoms with E-state index in [1.54, 1.807) is 6.08 Å². The lowest BCUT2D eigenvalue weighted by atomic mass is 9.76. The Bertz CT molecular complexity index is 3040. The Kier molecular flexibility index (Phi) is 14.9. The van der Waals surface area contributed by atoms with Crippen LogP contribution in [0.25, 0.3) is 21.5 Å². The van der Waals surface area contributed by atoms with Gasteiger partial charge in [-0.1, -0.05) is 85.5 Å². The number of nitrogens with one attached hydrogen (secondary N) is 1. The van der Waals surface area contributed by atoms with Crippen LogP contribution >= 0.6 is 0 Å². The molecule has 4 aromatic carbocycles. The Morgan fingerprint density at radius 2 is 1.35 bits per heavy atom. The number of carbonyl (C=O) groups excluding carboxylic acids is 2. The first-order chi connectivity index (χ1) is 36.3. The van der Waals surface area contributed by atoms with E-state index < -0.39 is 0 Å². The van der Waals surface area contributed by atoms with E-state index in [0.717, 1.165) is 118 Å². The Morgan fingerprint density at radius 3 is 2.01 bits per heavy atom. The monoisotopic (exact) mass is 995 g/mol. The third-order valence-corrected chi connectivity index (χ3v) is 16.4. The molecule has 2 saturated heterocycles. The van der Waals surface area contributed by atoms with Crippen molar-refractivity contribution in [3.8, 4) is 12.0 Å². The molecule has 0 amide bonds. The van der Waals surface area contributed by atoms with Crippen LogP contribution in [-0.2, 0) is 35.5 Å². The minimum atomic E-state index is -0.0942. The predicted octanol–water partition coefficient (Wildman–Crippen LogP) is 9.00. The van der Waals surface area contributed by atoms with Crippen LogP contribution in [0.3, 0.4) is 0 Å². The van der Waals surface area contributed by atoms with Crippen molar-refractivity contribution in [2.75, 3.05) is 86.6 Å². The number of hydrogen-bond donors (Lipinski definition) is 1. The second kappa shape index (κ2) is 22.3. The van der Waals surface area contributed by atoms with E-state index in [2.05, 4.69) is 128 Å². The highest BCUT2D eigenvalue weighted by Gasteiger charge is 2.37. The minimum absolute atomic E-state index is 0.00879. The van der Waals surface area contributed by atoms with E-state index in [-0.39, 0.29) is 29.6 Å². The summed E-state index contributed by atoms with van der Waals surface area (Å²) in [5.74, 6) is 1.71. The fourth-order valence-electron chi connectivity index (χ4n) is 11.9. The fraction of sp³-hybridized carbons (Fsp3) is 0.433. The number of aromatic nitrogens is 4. The number of ketones is 2. The molecule has 0 bridgehead atoms. The zero-order valence-electron chi connectivity index (χ0n) is 43.1. The fourth-order valence-corrected chi connectivity index (χ4v) is 11.9. The van der Waals surface area contributed by atoms with Crippen molar-refractivity contribution >= 4 is 56.1 Å². The summed E-state index contributed by atoms with van der Waals surface area (Å²) in [6.45, 7) is 11.2. The summed E-state index contributed by atoms with van der Waals surface area (Å²) in [4.78, 5) is 58.0. The number of benzene rings is 4. The summed E-state index contributed by atoms with van der Waals surface area (Å²) in [6.07, 6.45) is 14.1. The molecule has 4 aliphatic heterocycles. The van der Waals surface area contributed by atoms with E-state index in [1.165, 1.54) is 45.4 Å². The lowest BCUT2D eigenvalue weighted by molar-refractivity contribution is -0.120. The van der Waals surface area contributed by atoms with Gasteiger partial charge in [-0.05, 0) is 113 Å². The number of allylic oxidation sites excluding steroid dienone is 2. The number of fused-ring (bicyclic) bond motifs is 4. The van der Waals surface area contributed by atoms with Gasteiger partial charge in [-0.3, -0.25) is 14.5 Å². The van der Waals surface area contributed by atoms with Crippen LogP contribution in [0.2, 0.25) is 0 Å². The van der Waals surface area contributed by atoms with Crippen LogP contribution < -0.4 is 29.5 Å². The maximum Gasteiger partial charge on any atom is 0.318 e. The zero-order chi connectivity index (χ0) is 50.5. The van der Waals surface area contributed by atoms with Gasteiger partial charge in [0.05, 0.1) is 24.5 Å². The second-order valence-corrected chi connectivity index (χ2v) is 21.0. The van der Waals surface area contributed by atoms with Crippen molar-refractivity contribution in [2.45, 2.75) is 95.4 Å². The largest absolute Gasteiger partial charge is 0.462 e. The molecule has 1 N–H and O–H groups in total. The molecule has 1 saturated carbocycles. The summed E-state index contributed by atoms with van der Waals surface area (Å²) in [5.41, 5.74) is 6.56. The van der Waals surface area contributed by atoms with E-state index in [0.29, 0.717) is 57.3 Å². The first kappa shape index (κ1) is 49.3. The van der Waals surface area contributed by atoms with E-state index in [4.69, 9.17) is 29.4 Å². The summed E-state index contributed by atoms with van der Waals surface area (Å²) >= 11 is 0. The van der Waals surface area contributed by atoms with Crippen LogP contribution in [0.1, 0.15) is 73.9 Å². The van der Waals surface area contributed by atoms with Gasteiger partial charge in [-0.25, -0.2) is 0 Å². The molecule has 384 valence electrons. The van der Waals surface area contributed by atoms with Crippen LogP contribution in [0.5, 0.6) is 12.0 Å². The lowest BCUT2D eigenvalue weighted by Gasteiger charge is -2.37. The van der Waals surface area contributed by atoms with E-state index >= 15 is 0 Å². The van der Waals surface area contributed by atoms with Crippen LogP contribution in [0.15, 0.2) is 110 Å². The molecule has 11 rings (SSSR count). The number of nitrogens with zero attached hydrogens (tertiary/aromatic N) is 9. The van der Waals surface area contributed by atoms with Gasteiger partial charge in [0.15, 0.2) is 11.6 Å². The molecule has 74 heavy (non-hydrogen) atoms. The number of carbonyl (C=O) groups is 2. The maximum atomic E-state index is 13.4. The summed E-state index contributed by atoms with van der Waals surface area (Å²) in [7, 11) is 4.19. The molecule has 6 aromatic rings. The molecule has 3 fully saturated rings. The molecule has 14 heteroatoms. The maximum absolute atomic E-state index is 13.4. The van der Waals surface area contributed by atoms with E-state index in [9.17, 15) is 9.59 Å². The Balaban J connectivity index is 0.713. The van der Waals surface area contributed by atoms with Crippen molar-refractivity contribution < 1.29 is 19.1 Å². The van der Waals surface area contributed by atoms with Crippen LogP contribution in [-0.4, -0.2) is 126 Å². The first-order valence-corrected chi connectivity index (χ1v) is 27.0. The molecule has 0 unspecified atom stereocenters. The molecule has 0 spiro atoms. The van der Waals surface area contributed by atoms with Crippen molar-refractivity contribution in [1.29, 1.82) is 0 Å². The SMILES string of the molecule is C=CC(=O)[C@@H]1CC[C@H]1Nc1nc(OC[C@@H]2CCCN2CC/C=C/C(=O)CCN(C)c2nc(OC[C@@H]3CCCN3C)nc3c2CCN(c2cccc4ccccc24)C3)nc2c1CCN(c1cccc3ccccc13)C2. The number of hydrogen-bond acceptors (Lipinski definition) is 14. The molecule has 4 atom stereocenters. The average molecular weight is 995 g/mol. The Morgan fingerprint density at radius 1 is 0.730 bits per heavy atom. The summed E-state index contributed by atoms with van der Waals surface area (Å²) in [5, 5.41) is 8.55. The molecule has 2 aromatic heterocycles. The standard InChI is InChI=1S/C60H70N10O4/c1-4-56(72)48-26-27-51(48)61-57-49-29-35-69(54-24-11-17-41-15-5-7-22-46(41)54)37-52(49)62-59(64-57)74-40-44-20-14-33-68(44)32-10-9-21-45(71)28-34-67(3)58-50-30-36-70(55-25-12-18-42-16-6-8-23-47(42)55)38-53(50)63-60(65-58)73-39-43-19-13-31-66(43)2/h4-9,11-12,15-18,21-25,43-44,48,51H,1,10,13-14,19-20,26-40H2,2-3H3,(H,61,62,64)/b21-9+/t43-,44-,48+,51+/m0/s1. The third-order valence-electron chi connectivity index (χ3n) is 16.4. The highest BCUT2D eigenvalue weighted by molar-refractivity contribution is 5.96. The smallest absolute Gasteiger partial charge is 0.318 e.